The average molecular weight is 285 g/mol. The molecule has 0 saturated heterocycles. The van der Waals surface area contributed by atoms with Crippen LogP contribution in [0.5, 0.6) is 0 Å². The molecule has 0 aliphatic rings. The minimum atomic E-state index is -0.363. The molecular formula is C14H21ClN2O2. The standard InChI is InChI=1S/C14H21ClN2O2/c1-4-7-16-13(10(2)3)8-11-5-6-12(15)9-14(11)17(18)19/h5-6,9-10,13,16H,4,7-8H2,1-3H3. The van der Waals surface area contributed by atoms with Crippen molar-refractivity contribution in [1.29, 1.82) is 0 Å². The van der Waals surface area contributed by atoms with Crippen LogP contribution in [0, 0.1) is 16.0 Å². The van der Waals surface area contributed by atoms with Crippen LogP contribution in [0.1, 0.15) is 32.8 Å². The second-order valence-electron chi connectivity index (χ2n) is 5.04. The van der Waals surface area contributed by atoms with Gasteiger partial charge in [-0.15, -0.1) is 0 Å². The van der Waals surface area contributed by atoms with E-state index < -0.39 is 0 Å². The van der Waals surface area contributed by atoms with E-state index in [4.69, 9.17) is 11.6 Å². The van der Waals surface area contributed by atoms with Gasteiger partial charge in [0.2, 0.25) is 0 Å². The summed E-state index contributed by atoms with van der Waals surface area (Å²) in [6, 6.07) is 5.12. The van der Waals surface area contributed by atoms with Gasteiger partial charge < -0.3 is 5.32 Å². The second kappa shape index (κ2) is 7.46. The van der Waals surface area contributed by atoms with Crippen molar-refractivity contribution in [2.24, 2.45) is 5.92 Å². The lowest BCUT2D eigenvalue weighted by Crippen LogP contribution is -2.36. The van der Waals surface area contributed by atoms with E-state index in [1.165, 1.54) is 6.07 Å². The summed E-state index contributed by atoms with van der Waals surface area (Å²) < 4.78 is 0. The van der Waals surface area contributed by atoms with Gasteiger partial charge in [-0.3, -0.25) is 10.1 Å². The van der Waals surface area contributed by atoms with E-state index in [1.54, 1.807) is 12.1 Å². The van der Waals surface area contributed by atoms with Gasteiger partial charge in [-0.25, -0.2) is 0 Å². The summed E-state index contributed by atoms with van der Waals surface area (Å²) in [5.74, 6) is 0.418. The summed E-state index contributed by atoms with van der Waals surface area (Å²) in [7, 11) is 0. The van der Waals surface area contributed by atoms with Crippen molar-refractivity contribution in [3.8, 4) is 0 Å². The number of nitrogens with zero attached hydrogens (tertiary/aromatic N) is 1. The van der Waals surface area contributed by atoms with Crippen LogP contribution in [0.15, 0.2) is 18.2 Å². The van der Waals surface area contributed by atoms with E-state index in [9.17, 15) is 10.1 Å². The summed E-state index contributed by atoms with van der Waals surface area (Å²) in [5.41, 5.74) is 0.841. The van der Waals surface area contributed by atoms with Gasteiger partial charge in [0.25, 0.3) is 5.69 Å². The van der Waals surface area contributed by atoms with E-state index in [2.05, 4.69) is 26.1 Å². The zero-order valence-electron chi connectivity index (χ0n) is 11.6. The van der Waals surface area contributed by atoms with Crippen LogP contribution < -0.4 is 5.32 Å². The third-order valence-corrected chi connectivity index (χ3v) is 3.38. The van der Waals surface area contributed by atoms with E-state index in [0.717, 1.165) is 18.5 Å². The Morgan fingerprint density at radius 3 is 2.63 bits per heavy atom. The third kappa shape index (κ3) is 4.80. The SMILES string of the molecule is CCCNC(Cc1ccc(Cl)cc1[N+](=O)[O-])C(C)C. The molecule has 0 aliphatic heterocycles. The first-order valence-electron chi connectivity index (χ1n) is 6.61. The topological polar surface area (TPSA) is 55.2 Å². The Kier molecular flexibility index (Phi) is 6.25. The second-order valence-corrected chi connectivity index (χ2v) is 5.48. The normalized spacial score (nSPS) is 12.7. The molecule has 1 aromatic rings. The summed E-state index contributed by atoms with van der Waals surface area (Å²) in [6.07, 6.45) is 1.69. The molecule has 0 radical (unpaired) electrons. The van der Waals surface area contributed by atoms with Crippen LogP contribution in [-0.2, 0) is 6.42 Å². The molecule has 1 atom stereocenters. The molecule has 106 valence electrons. The fourth-order valence-electron chi connectivity index (χ4n) is 1.99. The molecule has 0 saturated carbocycles. The van der Waals surface area contributed by atoms with Gasteiger partial charge in [0.05, 0.1) is 4.92 Å². The predicted octanol–water partition coefficient (Wildman–Crippen LogP) is 3.81. The molecular weight excluding hydrogens is 264 g/mol. The van der Waals surface area contributed by atoms with Gasteiger partial charge in [0, 0.05) is 22.7 Å². The van der Waals surface area contributed by atoms with E-state index in [1.807, 2.05) is 0 Å². The minimum Gasteiger partial charge on any atom is -0.313 e. The Morgan fingerprint density at radius 1 is 1.42 bits per heavy atom. The van der Waals surface area contributed by atoms with E-state index >= 15 is 0 Å². The number of nitro benzene ring substituents is 1. The first-order chi connectivity index (χ1) is 8.95. The number of rotatable bonds is 7. The largest absolute Gasteiger partial charge is 0.313 e. The van der Waals surface area contributed by atoms with Crippen molar-refractivity contribution in [2.45, 2.75) is 39.7 Å². The number of nitrogens with one attached hydrogen (secondary N) is 1. The van der Waals surface area contributed by atoms with Crippen molar-refractivity contribution >= 4 is 17.3 Å². The molecule has 4 nitrogen and oxygen atoms in total. The first-order valence-corrected chi connectivity index (χ1v) is 6.99. The minimum absolute atomic E-state index is 0.108. The molecule has 1 rings (SSSR count). The average Bonchev–Trinajstić information content (AvgIpc) is 2.35. The molecule has 5 heteroatoms. The Hall–Kier alpha value is -1.13. The van der Waals surface area contributed by atoms with Crippen molar-refractivity contribution in [1.82, 2.24) is 5.32 Å². The predicted molar refractivity (Wildman–Crippen MR) is 78.7 cm³/mol. The van der Waals surface area contributed by atoms with Crippen molar-refractivity contribution in [3.63, 3.8) is 0 Å². The highest BCUT2D eigenvalue weighted by Crippen LogP contribution is 2.25. The maximum Gasteiger partial charge on any atom is 0.274 e. The van der Waals surface area contributed by atoms with Crippen LogP contribution >= 0.6 is 11.6 Å². The maximum atomic E-state index is 11.1. The van der Waals surface area contributed by atoms with Crippen molar-refractivity contribution < 1.29 is 4.92 Å². The molecule has 19 heavy (non-hydrogen) atoms. The van der Waals surface area contributed by atoms with Crippen LogP contribution in [-0.4, -0.2) is 17.5 Å². The number of benzene rings is 1. The van der Waals surface area contributed by atoms with Gasteiger partial charge in [0.1, 0.15) is 0 Å². The lowest BCUT2D eigenvalue weighted by Gasteiger charge is -2.22. The Bertz CT molecular complexity index is 435. The molecule has 1 N–H and O–H groups in total. The number of halogens is 1. The fraction of sp³-hybridized carbons (Fsp3) is 0.571. The van der Waals surface area contributed by atoms with Crippen molar-refractivity contribution in [3.05, 3.63) is 38.9 Å². The summed E-state index contributed by atoms with van der Waals surface area (Å²) >= 11 is 5.82. The fourth-order valence-corrected chi connectivity index (χ4v) is 2.16. The molecule has 0 bridgehead atoms. The summed E-state index contributed by atoms with van der Waals surface area (Å²) in [6.45, 7) is 7.27. The lowest BCUT2D eigenvalue weighted by molar-refractivity contribution is -0.385. The van der Waals surface area contributed by atoms with Crippen molar-refractivity contribution in [2.75, 3.05) is 6.54 Å². The molecule has 0 amide bonds. The molecule has 0 aromatic heterocycles. The van der Waals surface area contributed by atoms with Gasteiger partial charge in [-0.1, -0.05) is 38.4 Å². The smallest absolute Gasteiger partial charge is 0.274 e. The number of hydrogen-bond acceptors (Lipinski definition) is 3. The summed E-state index contributed by atoms with van der Waals surface area (Å²) in [4.78, 5) is 10.7. The van der Waals surface area contributed by atoms with E-state index in [-0.39, 0.29) is 16.7 Å². The molecule has 0 spiro atoms. The molecule has 0 aliphatic carbocycles. The Morgan fingerprint density at radius 2 is 2.11 bits per heavy atom. The molecule has 1 aromatic carbocycles. The van der Waals surface area contributed by atoms with Gasteiger partial charge >= 0.3 is 0 Å². The lowest BCUT2D eigenvalue weighted by atomic mass is 9.95. The highest BCUT2D eigenvalue weighted by molar-refractivity contribution is 6.30. The maximum absolute atomic E-state index is 11.1. The Balaban J connectivity index is 2.92. The van der Waals surface area contributed by atoms with Gasteiger partial charge in [-0.05, 0) is 31.4 Å². The molecule has 0 heterocycles. The monoisotopic (exact) mass is 284 g/mol. The Labute approximate surface area is 119 Å². The number of nitro groups is 1. The highest BCUT2D eigenvalue weighted by atomic mass is 35.5. The van der Waals surface area contributed by atoms with Crippen LogP contribution in [0.3, 0.4) is 0 Å². The van der Waals surface area contributed by atoms with Crippen LogP contribution in [0.25, 0.3) is 0 Å². The molecule has 0 fully saturated rings. The molecule has 1 unspecified atom stereocenters. The first kappa shape index (κ1) is 15.9. The van der Waals surface area contributed by atoms with Gasteiger partial charge in [0.15, 0.2) is 0 Å². The van der Waals surface area contributed by atoms with Crippen LogP contribution in [0.4, 0.5) is 5.69 Å². The van der Waals surface area contributed by atoms with Gasteiger partial charge in [-0.2, -0.15) is 0 Å². The number of hydrogen-bond donors (Lipinski definition) is 1. The third-order valence-electron chi connectivity index (χ3n) is 3.15. The van der Waals surface area contributed by atoms with E-state index in [0.29, 0.717) is 17.4 Å². The quantitative estimate of drug-likeness (QED) is 0.612. The summed E-state index contributed by atoms with van der Waals surface area (Å²) in [5, 5.41) is 14.9. The zero-order valence-corrected chi connectivity index (χ0v) is 12.4. The zero-order chi connectivity index (χ0) is 14.4. The highest BCUT2D eigenvalue weighted by Gasteiger charge is 2.20. The van der Waals surface area contributed by atoms with Crippen LogP contribution in [0.2, 0.25) is 5.02 Å².